The number of carbonyl (C=O) groups excluding carboxylic acids is 1. The van der Waals surface area contributed by atoms with Gasteiger partial charge in [0.2, 0.25) is 0 Å². The van der Waals surface area contributed by atoms with Crippen LogP contribution in [0.3, 0.4) is 0 Å². The van der Waals surface area contributed by atoms with E-state index in [0.717, 1.165) is 23.1 Å². The number of likely N-dealkylation sites (N-methyl/N-ethyl adjacent to an activating group) is 2. The van der Waals surface area contributed by atoms with Crippen LogP contribution in [0.25, 0.3) is 6.08 Å². The second kappa shape index (κ2) is 8.81. The van der Waals surface area contributed by atoms with Gasteiger partial charge >= 0.3 is 0 Å². The number of hydrogen-bond acceptors (Lipinski definition) is 3. The lowest BCUT2D eigenvalue weighted by Crippen LogP contribution is -2.28. The van der Waals surface area contributed by atoms with E-state index in [4.69, 9.17) is 0 Å². The molecule has 4 heteroatoms. The van der Waals surface area contributed by atoms with E-state index >= 15 is 0 Å². The molecule has 2 rings (SSSR count). The highest BCUT2D eigenvalue weighted by Gasteiger charge is 2.03. The van der Waals surface area contributed by atoms with E-state index in [2.05, 4.69) is 59.0 Å². The van der Waals surface area contributed by atoms with Gasteiger partial charge in [-0.05, 0) is 50.0 Å². The van der Waals surface area contributed by atoms with Crippen molar-refractivity contribution in [2.24, 2.45) is 0 Å². The highest BCUT2D eigenvalue weighted by molar-refractivity contribution is 9.10. The SMILES string of the molecule is CN(C)CCN(C)c1ccc(/C=C/C(=O)c2cccc(Br)c2)cc1. The van der Waals surface area contributed by atoms with Crippen molar-refractivity contribution in [1.82, 2.24) is 4.90 Å². The quantitative estimate of drug-likeness (QED) is 0.522. The molecule has 0 N–H and O–H groups in total. The predicted octanol–water partition coefficient (Wildman–Crippen LogP) is 4.34. The Morgan fingerprint density at radius 1 is 1.04 bits per heavy atom. The molecule has 0 aromatic heterocycles. The summed E-state index contributed by atoms with van der Waals surface area (Å²) in [6.45, 7) is 1.99. The number of benzene rings is 2. The van der Waals surface area contributed by atoms with Crippen LogP contribution in [-0.4, -0.2) is 44.9 Å². The van der Waals surface area contributed by atoms with Gasteiger partial charge in [-0.25, -0.2) is 0 Å². The second-order valence-corrected chi connectivity index (χ2v) is 6.94. The van der Waals surface area contributed by atoms with Crippen LogP contribution in [0.2, 0.25) is 0 Å². The normalized spacial score (nSPS) is 11.2. The van der Waals surface area contributed by atoms with Gasteiger partial charge in [0.15, 0.2) is 5.78 Å². The van der Waals surface area contributed by atoms with Crippen molar-refractivity contribution in [3.63, 3.8) is 0 Å². The van der Waals surface area contributed by atoms with Crippen LogP contribution in [0, 0.1) is 0 Å². The van der Waals surface area contributed by atoms with Gasteiger partial charge in [0.05, 0.1) is 0 Å². The van der Waals surface area contributed by atoms with Crippen molar-refractivity contribution >= 4 is 33.5 Å². The van der Waals surface area contributed by atoms with Gasteiger partial charge in [0, 0.05) is 35.9 Å². The largest absolute Gasteiger partial charge is 0.373 e. The molecule has 0 saturated heterocycles. The first kappa shape index (κ1) is 18.4. The predicted molar refractivity (Wildman–Crippen MR) is 106 cm³/mol. The van der Waals surface area contributed by atoms with Crippen LogP contribution in [0.4, 0.5) is 5.69 Å². The van der Waals surface area contributed by atoms with E-state index in [-0.39, 0.29) is 5.78 Å². The highest BCUT2D eigenvalue weighted by atomic mass is 79.9. The van der Waals surface area contributed by atoms with Crippen LogP contribution >= 0.6 is 15.9 Å². The molecule has 0 fully saturated rings. The standard InChI is InChI=1S/C20H23BrN2O/c1-22(2)13-14-23(3)19-10-7-16(8-11-19)9-12-20(24)17-5-4-6-18(21)15-17/h4-12,15H,13-14H2,1-3H3/b12-9+. The van der Waals surface area contributed by atoms with E-state index in [0.29, 0.717) is 5.56 Å². The van der Waals surface area contributed by atoms with E-state index in [1.165, 1.54) is 5.69 Å². The fourth-order valence-electron chi connectivity index (χ4n) is 2.23. The summed E-state index contributed by atoms with van der Waals surface area (Å²) in [7, 11) is 6.24. The van der Waals surface area contributed by atoms with Gasteiger partial charge in [-0.3, -0.25) is 4.79 Å². The average molecular weight is 387 g/mol. The molecule has 0 saturated carbocycles. The third kappa shape index (κ3) is 5.62. The molecule has 0 aliphatic carbocycles. The van der Waals surface area contributed by atoms with Crippen LogP contribution in [0.15, 0.2) is 59.1 Å². The zero-order chi connectivity index (χ0) is 17.5. The van der Waals surface area contributed by atoms with E-state index in [9.17, 15) is 4.79 Å². The minimum Gasteiger partial charge on any atom is -0.373 e. The Labute approximate surface area is 152 Å². The maximum Gasteiger partial charge on any atom is 0.185 e. The monoisotopic (exact) mass is 386 g/mol. The van der Waals surface area contributed by atoms with Gasteiger partial charge in [-0.1, -0.05) is 46.3 Å². The van der Waals surface area contributed by atoms with Gasteiger partial charge in [-0.2, -0.15) is 0 Å². The number of anilines is 1. The molecule has 0 aliphatic rings. The van der Waals surface area contributed by atoms with Gasteiger partial charge < -0.3 is 9.80 Å². The van der Waals surface area contributed by atoms with Gasteiger partial charge in [0.25, 0.3) is 0 Å². The van der Waals surface area contributed by atoms with Crippen LogP contribution in [0.1, 0.15) is 15.9 Å². The maximum absolute atomic E-state index is 12.2. The minimum atomic E-state index is 0.00322. The summed E-state index contributed by atoms with van der Waals surface area (Å²) >= 11 is 3.39. The van der Waals surface area contributed by atoms with E-state index in [1.54, 1.807) is 6.08 Å². The number of nitrogens with zero attached hydrogens (tertiary/aromatic N) is 2. The lowest BCUT2D eigenvalue weighted by molar-refractivity contribution is 0.104. The molecule has 2 aromatic rings. The summed E-state index contributed by atoms with van der Waals surface area (Å²) in [6, 6.07) is 15.7. The zero-order valence-electron chi connectivity index (χ0n) is 14.4. The lowest BCUT2D eigenvalue weighted by atomic mass is 10.1. The van der Waals surface area contributed by atoms with Crippen molar-refractivity contribution < 1.29 is 4.79 Å². The van der Waals surface area contributed by atoms with Crippen molar-refractivity contribution in [3.8, 4) is 0 Å². The van der Waals surface area contributed by atoms with Crippen molar-refractivity contribution in [3.05, 3.63) is 70.2 Å². The van der Waals surface area contributed by atoms with E-state index in [1.807, 2.05) is 42.5 Å². The van der Waals surface area contributed by atoms with Gasteiger partial charge in [-0.15, -0.1) is 0 Å². The second-order valence-electron chi connectivity index (χ2n) is 6.02. The minimum absolute atomic E-state index is 0.00322. The number of ketones is 1. The molecule has 0 atom stereocenters. The fraction of sp³-hybridized carbons (Fsp3) is 0.250. The molecule has 3 nitrogen and oxygen atoms in total. The molecule has 0 heterocycles. The van der Waals surface area contributed by atoms with E-state index < -0.39 is 0 Å². The Balaban J connectivity index is 1.99. The zero-order valence-corrected chi connectivity index (χ0v) is 16.0. The highest BCUT2D eigenvalue weighted by Crippen LogP contribution is 2.16. The van der Waals surface area contributed by atoms with Crippen LogP contribution < -0.4 is 4.90 Å². The Hall–Kier alpha value is -1.91. The van der Waals surface area contributed by atoms with Crippen LogP contribution in [0.5, 0.6) is 0 Å². The third-order valence-electron chi connectivity index (χ3n) is 3.75. The van der Waals surface area contributed by atoms with Gasteiger partial charge in [0.1, 0.15) is 0 Å². The number of rotatable bonds is 7. The van der Waals surface area contributed by atoms with Crippen LogP contribution in [-0.2, 0) is 0 Å². The Morgan fingerprint density at radius 3 is 2.38 bits per heavy atom. The van der Waals surface area contributed by atoms with Crippen molar-refractivity contribution in [2.45, 2.75) is 0 Å². The Bertz CT molecular complexity index is 708. The molecular formula is C20H23BrN2O. The summed E-state index contributed by atoms with van der Waals surface area (Å²) in [5, 5.41) is 0. The molecule has 0 unspecified atom stereocenters. The number of hydrogen-bond donors (Lipinski definition) is 0. The molecule has 126 valence electrons. The lowest BCUT2D eigenvalue weighted by Gasteiger charge is -2.21. The number of allylic oxidation sites excluding steroid dienone is 1. The van der Waals surface area contributed by atoms with Crippen molar-refractivity contribution in [1.29, 1.82) is 0 Å². The number of carbonyl (C=O) groups is 1. The smallest absolute Gasteiger partial charge is 0.185 e. The Kier molecular flexibility index (Phi) is 6.76. The molecule has 2 aromatic carbocycles. The summed E-state index contributed by atoms with van der Waals surface area (Å²) in [4.78, 5) is 16.6. The first-order valence-electron chi connectivity index (χ1n) is 7.89. The molecular weight excluding hydrogens is 364 g/mol. The summed E-state index contributed by atoms with van der Waals surface area (Å²) < 4.78 is 0.909. The first-order valence-corrected chi connectivity index (χ1v) is 8.69. The van der Waals surface area contributed by atoms with Crippen molar-refractivity contribution in [2.75, 3.05) is 39.1 Å². The molecule has 0 bridgehead atoms. The Morgan fingerprint density at radius 2 is 1.75 bits per heavy atom. The number of halogens is 1. The molecule has 0 spiro atoms. The fourth-order valence-corrected chi connectivity index (χ4v) is 2.63. The third-order valence-corrected chi connectivity index (χ3v) is 4.25. The summed E-state index contributed by atoms with van der Waals surface area (Å²) in [5.41, 5.74) is 2.87. The molecule has 24 heavy (non-hydrogen) atoms. The topological polar surface area (TPSA) is 23.6 Å². The summed E-state index contributed by atoms with van der Waals surface area (Å²) in [5.74, 6) is 0.00322. The average Bonchev–Trinajstić information content (AvgIpc) is 2.58. The molecule has 0 radical (unpaired) electrons. The maximum atomic E-state index is 12.2. The molecule has 0 amide bonds. The first-order chi connectivity index (χ1) is 11.5. The summed E-state index contributed by atoms with van der Waals surface area (Å²) in [6.07, 6.45) is 3.47. The molecule has 0 aliphatic heterocycles.